The Balaban J connectivity index is 1.21. The van der Waals surface area contributed by atoms with Gasteiger partial charge in [0.25, 0.3) is 0 Å². The number of rotatable bonds is 7. The van der Waals surface area contributed by atoms with Crippen LogP contribution in [0.4, 0.5) is 5.69 Å². The normalized spacial score (nSPS) is 16.2. The van der Waals surface area contributed by atoms with Crippen LogP contribution in [0.15, 0.2) is 60.0 Å². The van der Waals surface area contributed by atoms with Crippen LogP contribution in [-0.4, -0.2) is 74.8 Å². The second kappa shape index (κ2) is 9.18. The van der Waals surface area contributed by atoms with Gasteiger partial charge in [-0.05, 0) is 24.3 Å². The van der Waals surface area contributed by atoms with Crippen LogP contribution in [0.5, 0.6) is 0 Å². The van der Waals surface area contributed by atoms with Gasteiger partial charge in [0.05, 0.1) is 6.10 Å². The third-order valence-electron chi connectivity index (χ3n) is 4.79. The number of nitrogens with one attached hydrogen (secondary N) is 1. The van der Waals surface area contributed by atoms with Crippen molar-refractivity contribution in [1.29, 1.82) is 0 Å². The zero-order valence-corrected chi connectivity index (χ0v) is 16.4. The molecule has 146 valence electrons. The standard InChI is InChI=1S/C20H24N6OS/c27-18(14-25-10-12-26(13-11-25)17-4-2-1-3-5-17)15-28-20-22-19(23-24-20)16-6-8-21-9-7-16/h1-9,18,27H,10-15H2,(H,22,23,24)/t18-/m1/s1. The number of aromatic nitrogens is 4. The Hall–Kier alpha value is -2.42. The van der Waals surface area contributed by atoms with Crippen molar-refractivity contribution in [1.82, 2.24) is 25.1 Å². The number of anilines is 1. The molecule has 8 heteroatoms. The first kappa shape index (κ1) is 18.9. The number of hydrogen-bond acceptors (Lipinski definition) is 7. The number of pyridine rings is 1. The van der Waals surface area contributed by atoms with E-state index >= 15 is 0 Å². The maximum absolute atomic E-state index is 10.4. The second-order valence-corrected chi connectivity index (χ2v) is 7.78. The number of aliphatic hydroxyl groups excluding tert-OH is 1. The molecule has 0 aliphatic carbocycles. The van der Waals surface area contributed by atoms with Crippen molar-refractivity contribution in [2.24, 2.45) is 0 Å². The van der Waals surface area contributed by atoms with Crippen LogP contribution in [0.25, 0.3) is 11.4 Å². The molecule has 7 nitrogen and oxygen atoms in total. The Morgan fingerprint density at radius 3 is 2.54 bits per heavy atom. The highest BCUT2D eigenvalue weighted by Crippen LogP contribution is 2.20. The van der Waals surface area contributed by atoms with Crippen LogP contribution < -0.4 is 4.90 Å². The number of aliphatic hydroxyl groups is 1. The molecule has 0 spiro atoms. The molecular weight excluding hydrogens is 372 g/mol. The number of nitrogens with zero attached hydrogens (tertiary/aromatic N) is 5. The van der Waals surface area contributed by atoms with E-state index < -0.39 is 6.10 Å². The van der Waals surface area contributed by atoms with Gasteiger partial charge >= 0.3 is 0 Å². The molecule has 0 unspecified atom stereocenters. The first-order chi connectivity index (χ1) is 13.8. The van der Waals surface area contributed by atoms with Gasteiger partial charge in [-0.1, -0.05) is 30.0 Å². The minimum absolute atomic E-state index is 0.406. The fourth-order valence-electron chi connectivity index (χ4n) is 3.30. The van der Waals surface area contributed by atoms with Crippen LogP contribution in [0, 0.1) is 0 Å². The summed E-state index contributed by atoms with van der Waals surface area (Å²) in [6.45, 7) is 4.57. The minimum Gasteiger partial charge on any atom is -0.391 e. The molecule has 3 heterocycles. The molecule has 1 saturated heterocycles. The monoisotopic (exact) mass is 396 g/mol. The lowest BCUT2D eigenvalue weighted by molar-refractivity contribution is 0.126. The average Bonchev–Trinajstić information content (AvgIpc) is 3.23. The summed E-state index contributed by atoms with van der Waals surface area (Å²) in [4.78, 5) is 13.2. The summed E-state index contributed by atoms with van der Waals surface area (Å²) in [6, 6.07) is 14.3. The third kappa shape index (κ3) is 4.89. The van der Waals surface area contributed by atoms with Crippen LogP contribution in [-0.2, 0) is 0 Å². The molecule has 3 aromatic rings. The van der Waals surface area contributed by atoms with E-state index in [1.165, 1.54) is 17.4 Å². The van der Waals surface area contributed by atoms with Gasteiger partial charge < -0.3 is 10.0 Å². The quantitative estimate of drug-likeness (QED) is 0.592. The number of β-amino-alcohol motifs (C(OH)–C–C–N with tert-alkyl or cyclic N) is 1. The first-order valence-electron chi connectivity index (χ1n) is 9.44. The molecule has 0 bridgehead atoms. The minimum atomic E-state index is -0.406. The van der Waals surface area contributed by atoms with Gasteiger partial charge in [0.1, 0.15) is 0 Å². The smallest absolute Gasteiger partial charge is 0.208 e. The van der Waals surface area contributed by atoms with Gasteiger partial charge in [0.2, 0.25) is 5.16 Å². The molecule has 1 fully saturated rings. The number of benzene rings is 1. The van der Waals surface area contributed by atoms with Crippen molar-refractivity contribution in [3.63, 3.8) is 0 Å². The number of hydrogen-bond donors (Lipinski definition) is 2. The van der Waals surface area contributed by atoms with Crippen LogP contribution in [0.2, 0.25) is 0 Å². The summed E-state index contributed by atoms with van der Waals surface area (Å²) in [6.07, 6.45) is 3.05. The number of para-hydroxylation sites is 1. The average molecular weight is 397 g/mol. The number of H-pyrrole nitrogens is 1. The molecule has 0 radical (unpaired) electrons. The maximum atomic E-state index is 10.4. The van der Waals surface area contributed by atoms with Crippen LogP contribution in [0.3, 0.4) is 0 Å². The zero-order chi connectivity index (χ0) is 19.2. The van der Waals surface area contributed by atoms with Crippen molar-refractivity contribution >= 4 is 17.4 Å². The van der Waals surface area contributed by atoms with Gasteiger partial charge in [-0.2, -0.15) is 0 Å². The molecule has 2 aromatic heterocycles. The molecule has 1 aromatic carbocycles. The highest BCUT2D eigenvalue weighted by Gasteiger charge is 2.20. The summed E-state index contributed by atoms with van der Waals surface area (Å²) in [5, 5.41) is 18.2. The fraction of sp³-hybridized carbons (Fsp3) is 0.350. The molecule has 1 aliphatic heterocycles. The second-order valence-electron chi connectivity index (χ2n) is 6.79. The van der Waals surface area contributed by atoms with E-state index in [1.807, 2.05) is 18.2 Å². The van der Waals surface area contributed by atoms with Crippen molar-refractivity contribution in [2.75, 3.05) is 43.4 Å². The zero-order valence-electron chi connectivity index (χ0n) is 15.6. The molecule has 2 N–H and O–H groups in total. The lowest BCUT2D eigenvalue weighted by Gasteiger charge is -2.36. The van der Waals surface area contributed by atoms with Gasteiger partial charge in [-0.3, -0.25) is 15.0 Å². The largest absolute Gasteiger partial charge is 0.391 e. The first-order valence-corrected chi connectivity index (χ1v) is 10.4. The molecule has 0 saturated carbocycles. The highest BCUT2D eigenvalue weighted by atomic mass is 32.2. The molecule has 28 heavy (non-hydrogen) atoms. The summed E-state index contributed by atoms with van der Waals surface area (Å²) in [7, 11) is 0. The van der Waals surface area contributed by atoms with Gasteiger partial charge in [-0.15, -0.1) is 5.10 Å². The third-order valence-corrected chi connectivity index (χ3v) is 5.78. The Labute approximate surface area is 168 Å². The molecule has 1 atom stereocenters. The van der Waals surface area contributed by atoms with E-state index in [4.69, 9.17) is 0 Å². The van der Waals surface area contributed by atoms with Crippen LogP contribution in [0.1, 0.15) is 0 Å². The van der Waals surface area contributed by atoms with Crippen molar-refractivity contribution in [2.45, 2.75) is 11.3 Å². The predicted octanol–water partition coefficient (Wildman–Crippen LogP) is 2.14. The molecule has 4 rings (SSSR count). The Kier molecular flexibility index (Phi) is 6.20. The summed E-state index contributed by atoms with van der Waals surface area (Å²) in [5.74, 6) is 1.29. The van der Waals surface area contributed by atoms with Crippen molar-refractivity contribution in [3.8, 4) is 11.4 Å². The van der Waals surface area contributed by atoms with Gasteiger partial charge in [0.15, 0.2) is 5.82 Å². The summed E-state index contributed by atoms with van der Waals surface area (Å²) < 4.78 is 0. The summed E-state index contributed by atoms with van der Waals surface area (Å²) in [5.41, 5.74) is 2.22. The topological polar surface area (TPSA) is 81.2 Å². The molecular formula is C20H24N6OS. The molecule has 1 aliphatic rings. The van der Waals surface area contributed by atoms with Crippen molar-refractivity contribution < 1.29 is 5.11 Å². The molecule has 0 amide bonds. The van der Waals surface area contributed by atoms with Crippen LogP contribution >= 0.6 is 11.8 Å². The Morgan fingerprint density at radius 1 is 1.04 bits per heavy atom. The van der Waals surface area contributed by atoms with E-state index in [9.17, 15) is 5.11 Å². The summed E-state index contributed by atoms with van der Waals surface area (Å²) >= 11 is 1.47. The Bertz CT molecular complexity index is 851. The van der Waals surface area contributed by atoms with Gasteiger partial charge in [0, 0.05) is 62.1 Å². The number of piperazine rings is 1. The highest BCUT2D eigenvalue weighted by molar-refractivity contribution is 7.99. The van der Waals surface area contributed by atoms with Crippen molar-refractivity contribution in [3.05, 3.63) is 54.9 Å². The lowest BCUT2D eigenvalue weighted by atomic mass is 10.2. The van der Waals surface area contributed by atoms with E-state index in [-0.39, 0.29) is 0 Å². The van der Waals surface area contributed by atoms with E-state index in [0.717, 1.165) is 37.6 Å². The van der Waals surface area contributed by atoms with E-state index in [2.05, 4.69) is 54.2 Å². The SMILES string of the molecule is O[C@@H](CSc1n[nH]c(-c2ccncc2)n1)CN1CCN(c2ccccc2)CC1. The van der Waals surface area contributed by atoms with E-state index in [1.54, 1.807) is 12.4 Å². The lowest BCUT2D eigenvalue weighted by Crippen LogP contribution is -2.48. The Morgan fingerprint density at radius 2 is 1.79 bits per heavy atom. The van der Waals surface area contributed by atoms with Gasteiger partial charge in [-0.25, -0.2) is 4.98 Å². The maximum Gasteiger partial charge on any atom is 0.208 e. The number of aromatic amines is 1. The predicted molar refractivity (Wildman–Crippen MR) is 111 cm³/mol. The fourth-order valence-corrected chi connectivity index (χ4v) is 4.01. The number of thioether (sulfide) groups is 1. The van der Waals surface area contributed by atoms with E-state index in [0.29, 0.717) is 17.5 Å².